The fourth-order valence-electron chi connectivity index (χ4n) is 3.50. The number of carbonyl (C=O) groups excluding carboxylic acids is 1. The number of thioether (sulfide) groups is 2. The van der Waals surface area contributed by atoms with Crippen LogP contribution in [-0.2, 0) is 17.1 Å². The van der Waals surface area contributed by atoms with Gasteiger partial charge in [0.25, 0.3) is 0 Å². The lowest BCUT2D eigenvalue weighted by Gasteiger charge is -2.10. The van der Waals surface area contributed by atoms with Crippen molar-refractivity contribution in [3.63, 3.8) is 0 Å². The average molecular weight is 534 g/mol. The first-order valence-electron chi connectivity index (χ1n) is 11.2. The minimum absolute atomic E-state index is 0.107. The van der Waals surface area contributed by atoms with Crippen LogP contribution in [0, 0.1) is 0 Å². The van der Waals surface area contributed by atoms with Crippen molar-refractivity contribution in [2.24, 2.45) is 0 Å². The normalized spacial score (nSPS) is 11.0. The van der Waals surface area contributed by atoms with Crippen molar-refractivity contribution in [3.05, 3.63) is 90.3 Å². The first kappa shape index (κ1) is 24.4. The molecule has 0 aliphatic rings. The maximum atomic E-state index is 12.6. The molecule has 1 N–H and O–H groups in total. The molecule has 10 heteroatoms. The Labute approximate surface area is 221 Å². The number of hydrogen-bond donors (Lipinski definition) is 1. The summed E-state index contributed by atoms with van der Waals surface area (Å²) in [6, 6.07) is 25.6. The lowest BCUT2D eigenvalue weighted by molar-refractivity contribution is -0.113. The molecule has 0 atom stereocenters. The molecule has 0 saturated heterocycles. The van der Waals surface area contributed by atoms with Gasteiger partial charge in [0.15, 0.2) is 9.50 Å². The topological polar surface area (TPSA) is 81.9 Å². The lowest BCUT2D eigenvalue weighted by atomic mass is 10.2. The third-order valence-electron chi connectivity index (χ3n) is 5.28. The number of amides is 1. The van der Waals surface area contributed by atoms with E-state index in [-0.39, 0.29) is 11.7 Å². The molecule has 0 aliphatic carbocycles. The molecule has 0 fully saturated rings. The van der Waals surface area contributed by atoms with Crippen LogP contribution in [0.2, 0.25) is 0 Å². The second-order valence-electron chi connectivity index (χ2n) is 7.77. The van der Waals surface area contributed by atoms with Gasteiger partial charge in [-0.1, -0.05) is 66.0 Å². The van der Waals surface area contributed by atoms with Crippen molar-refractivity contribution in [1.29, 1.82) is 0 Å². The standard InChI is InChI=1S/C26H23N5O2S3/c1-33-20-13-11-19(12-14-20)27-24(32)17-34-25-30-29-23(31(25)15-18-7-3-2-4-8-18)16-35-26-28-21-9-5-6-10-22(21)36-26/h2-14H,15-17H2,1H3,(H,27,32). The van der Waals surface area contributed by atoms with Gasteiger partial charge in [0.05, 0.1) is 35.4 Å². The highest BCUT2D eigenvalue weighted by atomic mass is 32.2. The zero-order chi connectivity index (χ0) is 24.7. The zero-order valence-corrected chi connectivity index (χ0v) is 21.9. The van der Waals surface area contributed by atoms with E-state index in [0.717, 1.165) is 32.7 Å². The highest BCUT2D eigenvalue weighted by molar-refractivity contribution is 8.00. The monoisotopic (exact) mass is 533 g/mol. The molecule has 2 aromatic heterocycles. The van der Waals surface area contributed by atoms with Gasteiger partial charge in [0.1, 0.15) is 11.6 Å². The number of hydrogen-bond acceptors (Lipinski definition) is 8. The molecular weight excluding hydrogens is 511 g/mol. The molecule has 0 radical (unpaired) electrons. The minimum atomic E-state index is -0.107. The molecule has 1 amide bonds. The molecule has 0 saturated carbocycles. The number of rotatable bonds is 10. The Balaban J connectivity index is 1.28. The number of carbonyl (C=O) groups is 1. The summed E-state index contributed by atoms with van der Waals surface area (Å²) in [5, 5.41) is 12.5. The van der Waals surface area contributed by atoms with E-state index in [1.165, 1.54) is 16.5 Å². The van der Waals surface area contributed by atoms with Gasteiger partial charge in [-0.2, -0.15) is 0 Å². The van der Waals surface area contributed by atoms with E-state index in [0.29, 0.717) is 17.5 Å². The fraction of sp³-hybridized carbons (Fsp3) is 0.154. The van der Waals surface area contributed by atoms with E-state index in [1.54, 1.807) is 30.2 Å². The van der Waals surface area contributed by atoms with Gasteiger partial charge in [-0.05, 0) is 42.0 Å². The number of thiazole rings is 1. The van der Waals surface area contributed by atoms with E-state index in [1.807, 2.05) is 60.7 Å². The van der Waals surface area contributed by atoms with Gasteiger partial charge >= 0.3 is 0 Å². The van der Waals surface area contributed by atoms with E-state index in [9.17, 15) is 4.79 Å². The zero-order valence-electron chi connectivity index (χ0n) is 19.5. The number of fused-ring (bicyclic) bond motifs is 1. The molecule has 7 nitrogen and oxygen atoms in total. The van der Waals surface area contributed by atoms with E-state index in [4.69, 9.17) is 9.72 Å². The second kappa shape index (κ2) is 11.6. The van der Waals surface area contributed by atoms with Crippen LogP contribution in [0.25, 0.3) is 10.2 Å². The third-order valence-corrected chi connectivity index (χ3v) is 8.42. The van der Waals surface area contributed by atoms with E-state index < -0.39 is 0 Å². The summed E-state index contributed by atoms with van der Waals surface area (Å²) < 4.78 is 9.42. The van der Waals surface area contributed by atoms with Crippen LogP contribution in [0.5, 0.6) is 5.75 Å². The van der Waals surface area contributed by atoms with Crippen LogP contribution in [0.3, 0.4) is 0 Å². The molecule has 2 heterocycles. The smallest absolute Gasteiger partial charge is 0.234 e. The molecule has 0 bridgehead atoms. The summed E-state index contributed by atoms with van der Waals surface area (Å²) in [6.07, 6.45) is 0. The molecule has 0 spiro atoms. The van der Waals surface area contributed by atoms with Crippen LogP contribution >= 0.6 is 34.9 Å². The second-order valence-corrected chi connectivity index (χ2v) is 11.0. The predicted octanol–water partition coefficient (Wildman–Crippen LogP) is 5.97. The van der Waals surface area contributed by atoms with Crippen molar-refractivity contribution in [2.75, 3.05) is 18.2 Å². The largest absolute Gasteiger partial charge is 0.497 e. The van der Waals surface area contributed by atoms with Gasteiger partial charge in [0, 0.05) is 5.69 Å². The van der Waals surface area contributed by atoms with Crippen molar-refractivity contribution in [2.45, 2.75) is 21.8 Å². The number of para-hydroxylation sites is 1. The number of anilines is 1. The number of aromatic nitrogens is 4. The van der Waals surface area contributed by atoms with Gasteiger partial charge < -0.3 is 14.6 Å². The first-order chi connectivity index (χ1) is 17.7. The maximum Gasteiger partial charge on any atom is 0.234 e. The van der Waals surface area contributed by atoms with E-state index >= 15 is 0 Å². The average Bonchev–Trinajstić information content (AvgIpc) is 3.50. The fourth-order valence-corrected chi connectivity index (χ4v) is 6.26. The summed E-state index contributed by atoms with van der Waals surface area (Å²) in [5.74, 6) is 2.35. The van der Waals surface area contributed by atoms with Gasteiger partial charge in [-0.15, -0.1) is 21.5 Å². The molecule has 36 heavy (non-hydrogen) atoms. The lowest BCUT2D eigenvalue weighted by Crippen LogP contribution is -2.15. The Bertz CT molecular complexity index is 1420. The molecule has 182 valence electrons. The van der Waals surface area contributed by atoms with Crippen molar-refractivity contribution in [1.82, 2.24) is 19.7 Å². The van der Waals surface area contributed by atoms with Crippen molar-refractivity contribution < 1.29 is 9.53 Å². The molecule has 5 rings (SSSR count). The number of nitrogens with one attached hydrogen (secondary N) is 1. The highest BCUT2D eigenvalue weighted by Crippen LogP contribution is 2.32. The number of methoxy groups -OCH3 is 1. The quantitative estimate of drug-likeness (QED) is 0.222. The minimum Gasteiger partial charge on any atom is -0.497 e. The Morgan fingerprint density at radius 1 is 0.972 bits per heavy atom. The summed E-state index contributed by atoms with van der Waals surface area (Å²) >= 11 is 4.71. The Kier molecular flexibility index (Phi) is 7.85. The molecular formula is C26H23N5O2S3. The van der Waals surface area contributed by atoms with Crippen LogP contribution in [-0.4, -0.2) is 38.5 Å². The van der Waals surface area contributed by atoms with Gasteiger partial charge in [0.2, 0.25) is 5.91 Å². The summed E-state index contributed by atoms with van der Waals surface area (Å²) in [6.45, 7) is 0.631. The summed E-state index contributed by atoms with van der Waals surface area (Å²) in [4.78, 5) is 17.3. The van der Waals surface area contributed by atoms with Gasteiger partial charge in [-0.3, -0.25) is 4.79 Å². The number of benzene rings is 3. The van der Waals surface area contributed by atoms with Crippen LogP contribution < -0.4 is 10.1 Å². The predicted molar refractivity (Wildman–Crippen MR) is 147 cm³/mol. The number of nitrogens with zero attached hydrogens (tertiary/aromatic N) is 4. The van der Waals surface area contributed by atoms with Crippen LogP contribution in [0.15, 0.2) is 88.4 Å². The van der Waals surface area contributed by atoms with Gasteiger partial charge in [-0.25, -0.2) is 4.98 Å². The van der Waals surface area contributed by atoms with Crippen molar-refractivity contribution >= 4 is 56.7 Å². The molecule has 0 unspecified atom stereocenters. The van der Waals surface area contributed by atoms with Crippen LogP contribution in [0.1, 0.15) is 11.4 Å². The molecule has 5 aromatic rings. The Hall–Kier alpha value is -3.34. The SMILES string of the molecule is COc1ccc(NC(=O)CSc2nnc(CSc3nc4ccccc4s3)n2Cc2ccccc2)cc1. The highest BCUT2D eigenvalue weighted by Gasteiger charge is 2.16. The number of ether oxygens (including phenoxy) is 1. The first-order valence-corrected chi connectivity index (χ1v) is 14.0. The maximum absolute atomic E-state index is 12.6. The summed E-state index contributed by atoms with van der Waals surface area (Å²) in [7, 11) is 1.61. The third kappa shape index (κ3) is 6.07. The molecule has 0 aliphatic heterocycles. The van der Waals surface area contributed by atoms with Crippen LogP contribution in [0.4, 0.5) is 5.69 Å². The van der Waals surface area contributed by atoms with E-state index in [2.05, 4.69) is 38.3 Å². The Morgan fingerprint density at radius 2 is 1.75 bits per heavy atom. The van der Waals surface area contributed by atoms with Crippen molar-refractivity contribution in [3.8, 4) is 5.75 Å². The summed E-state index contributed by atoms with van der Waals surface area (Å²) in [5.41, 5.74) is 2.88. The molecule has 3 aromatic carbocycles. The Morgan fingerprint density at radius 3 is 2.53 bits per heavy atom.